The van der Waals surface area contributed by atoms with Gasteiger partial charge in [-0.1, -0.05) is 18.2 Å². The number of ether oxygens (including phenoxy) is 2. The Bertz CT molecular complexity index is 1420. The normalized spacial score (nSPS) is 19.2. The van der Waals surface area contributed by atoms with Crippen LogP contribution in [-0.4, -0.2) is 75.6 Å². The maximum absolute atomic E-state index is 13.5. The maximum Gasteiger partial charge on any atom is 0.253 e. The molecule has 38 heavy (non-hydrogen) atoms. The molecule has 2 aromatic carbocycles. The van der Waals surface area contributed by atoms with Crippen molar-refractivity contribution in [2.75, 3.05) is 44.3 Å². The van der Waals surface area contributed by atoms with Gasteiger partial charge in [0.2, 0.25) is 0 Å². The number of rotatable bonds is 8. The van der Waals surface area contributed by atoms with E-state index in [1.165, 1.54) is 5.69 Å². The molecular formula is C28H33N7O3. The van der Waals surface area contributed by atoms with E-state index in [1.807, 2.05) is 41.9 Å². The first kappa shape index (κ1) is 24.6. The molecule has 2 atom stereocenters. The molecular weight excluding hydrogens is 482 g/mol. The van der Waals surface area contributed by atoms with Crippen molar-refractivity contribution in [3.63, 3.8) is 0 Å². The number of para-hydroxylation sites is 1. The summed E-state index contributed by atoms with van der Waals surface area (Å²) in [5.74, 6) is 1.44. The van der Waals surface area contributed by atoms with Crippen LogP contribution in [0.15, 0.2) is 59.4 Å². The fraction of sp³-hybridized carbons (Fsp3) is 0.429. The zero-order valence-corrected chi connectivity index (χ0v) is 21.6. The van der Waals surface area contributed by atoms with Crippen LogP contribution in [0.5, 0.6) is 5.75 Å². The van der Waals surface area contributed by atoms with Gasteiger partial charge in [0.25, 0.3) is 5.56 Å². The van der Waals surface area contributed by atoms with E-state index >= 15 is 0 Å². The first-order valence-corrected chi connectivity index (χ1v) is 13.4. The van der Waals surface area contributed by atoms with Crippen LogP contribution in [0, 0.1) is 0 Å². The summed E-state index contributed by atoms with van der Waals surface area (Å²) in [5, 5.41) is 13.7. The summed E-state index contributed by atoms with van der Waals surface area (Å²) in [6.07, 6.45) is 2.10. The highest BCUT2D eigenvalue weighted by Crippen LogP contribution is 2.30. The molecule has 0 amide bonds. The fourth-order valence-electron chi connectivity index (χ4n) is 5.56. The quantitative estimate of drug-likeness (QED) is 0.382. The van der Waals surface area contributed by atoms with Gasteiger partial charge < -0.3 is 19.4 Å². The smallest absolute Gasteiger partial charge is 0.253 e. The molecule has 1 N–H and O–H groups in total. The van der Waals surface area contributed by atoms with E-state index in [0.717, 1.165) is 62.3 Å². The standard InChI is InChI=1S/C28H33N7O3/c1-2-37-22-10-11-25-20(17-22)18-24(28(36)29-25)26(27-30-31-32-35(27)19-23-9-6-16-38-23)34-14-12-33(13-15-34)21-7-4-3-5-8-21/h3-5,7-8,10-11,17-18,23,26H,2,6,9,12-16,19H2,1H3,(H,29,36)/t23-,26+/m1/s1. The topological polar surface area (TPSA) is 101 Å². The Balaban J connectivity index is 1.37. The van der Waals surface area contributed by atoms with Crippen LogP contribution < -0.4 is 15.2 Å². The van der Waals surface area contributed by atoms with Gasteiger partial charge in [-0.25, -0.2) is 4.68 Å². The lowest BCUT2D eigenvalue weighted by Crippen LogP contribution is -2.49. The average molecular weight is 516 g/mol. The number of hydrogen-bond donors (Lipinski definition) is 1. The summed E-state index contributed by atoms with van der Waals surface area (Å²) in [4.78, 5) is 21.3. The molecule has 2 aliphatic rings. The number of aromatic nitrogens is 5. The number of tetrazole rings is 1. The average Bonchev–Trinajstić information content (AvgIpc) is 3.63. The highest BCUT2D eigenvalue weighted by atomic mass is 16.5. The summed E-state index contributed by atoms with van der Waals surface area (Å²) < 4.78 is 13.4. The first-order valence-electron chi connectivity index (χ1n) is 13.4. The number of fused-ring (bicyclic) bond motifs is 1. The number of nitrogens with zero attached hydrogens (tertiary/aromatic N) is 6. The second-order valence-corrected chi connectivity index (χ2v) is 9.85. The molecule has 0 aliphatic carbocycles. The Morgan fingerprint density at radius 2 is 1.95 bits per heavy atom. The zero-order valence-electron chi connectivity index (χ0n) is 21.6. The van der Waals surface area contributed by atoms with Crippen LogP contribution in [0.2, 0.25) is 0 Å². The lowest BCUT2D eigenvalue weighted by molar-refractivity contribution is 0.0906. The molecule has 198 valence electrons. The Morgan fingerprint density at radius 1 is 1.11 bits per heavy atom. The highest BCUT2D eigenvalue weighted by Gasteiger charge is 2.33. The lowest BCUT2D eigenvalue weighted by atomic mass is 10.0. The summed E-state index contributed by atoms with van der Waals surface area (Å²) in [6, 6.07) is 17.8. The predicted molar refractivity (Wildman–Crippen MR) is 145 cm³/mol. The van der Waals surface area contributed by atoms with Gasteiger partial charge >= 0.3 is 0 Å². The van der Waals surface area contributed by atoms with Crippen molar-refractivity contribution in [1.29, 1.82) is 0 Å². The number of piperazine rings is 1. The van der Waals surface area contributed by atoms with Gasteiger partial charge in [-0.05, 0) is 66.6 Å². The second kappa shape index (κ2) is 10.9. The molecule has 2 saturated heterocycles. The van der Waals surface area contributed by atoms with Gasteiger partial charge in [0.1, 0.15) is 11.8 Å². The van der Waals surface area contributed by atoms with Gasteiger partial charge in [-0.15, -0.1) is 5.10 Å². The van der Waals surface area contributed by atoms with Gasteiger partial charge in [0.05, 0.1) is 19.3 Å². The van der Waals surface area contributed by atoms with E-state index in [4.69, 9.17) is 9.47 Å². The largest absolute Gasteiger partial charge is 0.494 e. The van der Waals surface area contributed by atoms with Gasteiger partial charge in [0.15, 0.2) is 5.82 Å². The van der Waals surface area contributed by atoms with E-state index in [9.17, 15) is 4.79 Å². The molecule has 0 bridgehead atoms. The molecule has 0 spiro atoms. The minimum absolute atomic E-state index is 0.0801. The Morgan fingerprint density at radius 3 is 2.71 bits per heavy atom. The van der Waals surface area contributed by atoms with Crippen LogP contribution in [0.25, 0.3) is 10.9 Å². The highest BCUT2D eigenvalue weighted by molar-refractivity contribution is 5.80. The third-order valence-corrected chi connectivity index (χ3v) is 7.46. The number of aromatic amines is 1. The number of pyridine rings is 1. The molecule has 2 aromatic heterocycles. The molecule has 2 aliphatic heterocycles. The van der Waals surface area contributed by atoms with Crippen molar-refractivity contribution in [2.45, 2.75) is 38.5 Å². The van der Waals surface area contributed by atoms with E-state index in [2.05, 4.69) is 54.6 Å². The zero-order chi connectivity index (χ0) is 25.9. The van der Waals surface area contributed by atoms with Crippen LogP contribution >= 0.6 is 0 Å². The SMILES string of the molecule is CCOc1ccc2[nH]c(=O)c([C@@H](c3nnnn3C[C@H]3CCCO3)N3CCN(c4ccccc4)CC3)cc2c1. The van der Waals surface area contributed by atoms with Crippen molar-refractivity contribution >= 4 is 16.6 Å². The summed E-state index contributed by atoms with van der Waals surface area (Å²) >= 11 is 0. The van der Waals surface area contributed by atoms with E-state index in [-0.39, 0.29) is 11.7 Å². The molecule has 10 heteroatoms. The Kier molecular flexibility index (Phi) is 7.06. The molecule has 4 aromatic rings. The van der Waals surface area contributed by atoms with Crippen LogP contribution in [-0.2, 0) is 11.3 Å². The molecule has 4 heterocycles. The monoisotopic (exact) mass is 515 g/mol. The first-order chi connectivity index (χ1) is 18.7. The number of benzene rings is 2. The summed E-state index contributed by atoms with van der Waals surface area (Å²) in [7, 11) is 0. The molecule has 0 radical (unpaired) electrons. The second-order valence-electron chi connectivity index (χ2n) is 9.85. The number of nitrogens with one attached hydrogen (secondary N) is 1. The summed E-state index contributed by atoms with van der Waals surface area (Å²) in [6.45, 7) is 7.09. The van der Waals surface area contributed by atoms with E-state index in [1.54, 1.807) is 0 Å². The van der Waals surface area contributed by atoms with Gasteiger partial charge in [0, 0.05) is 54.9 Å². The summed E-state index contributed by atoms with van der Waals surface area (Å²) in [5.41, 5.74) is 2.47. The fourth-order valence-corrected chi connectivity index (χ4v) is 5.56. The number of H-pyrrole nitrogens is 1. The molecule has 0 saturated carbocycles. The molecule has 2 fully saturated rings. The van der Waals surface area contributed by atoms with Crippen LogP contribution in [0.1, 0.15) is 37.2 Å². The van der Waals surface area contributed by atoms with Crippen molar-refractivity contribution in [3.05, 3.63) is 76.3 Å². The predicted octanol–water partition coefficient (Wildman–Crippen LogP) is 3.00. The minimum atomic E-state index is -0.395. The van der Waals surface area contributed by atoms with Crippen LogP contribution in [0.4, 0.5) is 5.69 Å². The van der Waals surface area contributed by atoms with Crippen LogP contribution in [0.3, 0.4) is 0 Å². The van der Waals surface area contributed by atoms with E-state index in [0.29, 0.717) is 24.5 Å². The van der Waals surface area contributed by atoms with Crippen molar-refractivity contribution in [2.24, 2.45) is 0 Å². The number of anilines is 1. The third kappa shape index (κ3) is 5.01. The third-order valence-electron chi connectivity index (χ3n) is 7.46. The molecule has 10 nitrogen and oxygen atoms in total. The maximum atomic E-state index is 13.5. The van der Waals surface area contributed by atoms with Gasteiger partial charge in [-0.3, -0.25) is 9.69 Å². The lowest BCUT2D eigenvalue weighted by Gasteiger charge is -2.39. The molecule has 0 unspecified atom stereocenters. The van der Waals surface area contributed by atoms with Crippen molar-refractivity contribution < 1.29 is 9.47 Å². The van der Waals surface area contributed by atoms with Gasteiger partial charge in [-0.2, -0.15) is 0 Å². The Hall–Kier alpha value is -3.76. The molecule has 6 rings (SSSR count). The number of hydrogen-bond acceptors (Lipinski definition) is 8. The Labute approximate surface area is 221 Å². The van der Waals surface area contributed by atoms with E-state index < -0.39 is 6.04 Å². The minimum Gasteiger partial charge on any atom is -0.494 e. The van der Waals surface area contributed by atoms with Crippen molar-refractivity contribution in [3.8, 4) is 5.75 Å². The van der Waals surface area contributed by atoms with Crippen molar-refractivity contribution in [1.82, 2.24) is 30.1 Å².